The molecule has 26 heavy (non-hydrogen) atoms. The van der Waals surface area contributed by atoms with Gasteiger partial charge in [0.2, 0.25) is 0 Å². The summed E-state index contributed by atoms with van der Waals surface area (Å²) < 4.78 is 5.58. The van der Waals surface area contributed by atoms with Crippen molar-refractivity contribution in [2.24, 2.45) is 11.3 Å². The normalized spacial score (nSPS) is 12.8. The Kier molecular flexibility index (Phi) is 14.7. The lowest BCUT2D eigenvalue weighted by Gasteiger charge is -2.24. The second-order valence-electron chi connectivity index (χ2n) is 8.41. The molecule has 0 bridgehead atoms. The highest BCUT2D eigenvalue weighted by molar-refractivity contribution is 5.84. The topological polar surface area (TPSA) is 43.4 Å². The first-order valence-corrected chi connectivity index (χ1v) is 11.1. The highest BCUT2D eigenvalue weighted by atomic mass is 16.5. The predicted octanol–water partition coefficient (Wildman–Crippen LogP) is 6.87. The Morgan fingerprint density at radius 3 is 1.96 bits per heavy atom. The van der Waals surface area contributed by atoms with Crippen LogP contribution >= 0.6 is 0 Å². The molecular formula is C23H44O3. The molecule has 3 heteroatoms. The second-order valence-corrected chi connectivity index (χ2v) is 8.41. The maximum Gasteiger partial charge on any atom is 0.308 e. The maximum absolute atomic E-state index is 12.5. The van der Waals surface area contributed by atoms with Gasteiger partial charge in [-0.2, -0.15) is 0 Å². The van der Waals surface area contributed by atoms with Crippen molar-refractivity contribution in [2.45, 2.75) is 118 Å². The van der Waals surface area contributed by atoms with Gasteiger partial charge < -0.3 is 4.74 Å². The Hall–Kier alpha value is -0.860. The SMILES string of the molecule is CCCCCCCCC(CCC)C(=O)OCC(C)(C)C(=O)CCCCC. The van der Waals surface area contributed by atoms with Crippen LogP contribution in [0.5, 0.6) is 0 Å². The molecule has 3 nitrogen and oxygen atoms in total. The zero-order chi connectivity index (χ0) is 19.8. The average molecular weight is 369 g/mol. The number of esters is 1. The minimum absolute atomic E-state index is 0.00262. The Morgan fingerprint density at radius 2 is 1.35 bits per heavy atom. The van der Waals surface area contributed by atoms with Crippen molar-refractivity contribution in [3.63, 3.8) is 0 Å². The van der Waals surface area contributed by atoms with Gasteiger partial charge in [0.25, 0.3) is 0 Å². The molecular weight excluding hydrogens is 324 g/mol. The van der Waals surface area contributed by atoms with Gasteiger partial charge in [0.05, 0.1) is 11.3 Å². The summed E-state index contributed by atoms with van der Waals surface area (Å²) in [7, 11) is 0. The third kappa shape index (κ3) is 11.7. The van der Waals surface area contributed by atoms with E-state index in [1.165, 1.54) is 32.1 Å². The fraction of sp³-hybridized carbons (Fsp3) is 0.913. The molecule has 0 saturated carbocycles. The first-order chi connectivity index (χ1) is 12.4. The van der Waals surface area contributed by atoms with Crippen LogP contribution in [0.2, 0.25) is 0 Å². The van der Waals surface area contributed by atoms with E-state index in [1.54, 1.807) is 0 Å². The number of ketones is 1. The van der Waals surface area contributed by atoms with E-state index in [-0.39, 0.29) is 24.3 Å². The molecule has 0 aliphatic rings. The van der Waals surface area contributed by atoms with E-state index in [2.05, 4.69) is 20.8 Å². The highest BCUT2D eigenvalue weighted by Gasteiger charge is 2.30. The van der Waals surface area contributed by atoms with Gasteiger partial charge in [-0.05, 0) is 33.1 Å². The molecule has 0 fully saturated rings. The Morgan fingerprint density at radius 1 is 0.769 bits per heavy atom. The molecule has 1 unspecified atom stereocenters. The van der Waals surface area contributed by atoms with Crippen molar-refractivity contribution in [3.05, 3.63) is 0 Å². The number of hydrogen-bond acceptors (Lipinski definition) is 3. The summed E-state index contributed by atoms with van der Waals surface area (Å²) in [4.78, 5) is 24.8. The number of carbonyl (C=O) groups excluding carboxylic acids is 2. The molecule has 0 rings (SSSR count). The van der Waals surface area contributed by atoms with Gasteiger partial charge >= 0.3 is 5.97 Å². The van der Waals surface area contributed by atoms with Crippen LogP contribution in [0.25, 0.3) is 0 Å². The first-order valence-electron chi connectivity index (χ1n) is 11.1. The molecule has 0 aliphatic carbocycles. The van der Waals surface area contributed by atoms with Crippen LogP contribution in [0.15, 0.2) is 0 Å². The minimum atomic E-state index is -0.569. The van der Waals surface area contributed by atoms with Crippen molar-refractivity contribution in [3.8, 4) is 0 Å². The number of unbranched alkanes of at least 4 members (excludes halogenated alkanes) is 7. The summed E-state index contributed by atoms with van der Waals surface area (Å²) in [5.74, 6) is 0.105. The van der Waals surface area contributed by atoms with Crippen LogP contribution in [0.4, 0.5) is 0 Å². The Bertz CT molecular complexity index is 374. The molecule has 0 saturated heterocycles. The van der Waals surface area contributed by atoms with E-state index in [1.807, 2.05) is 13.8 Å². The largest absolute Gasteiger partial charge is 0.464 e. The fourth-order valence-corrected chi connectivity index (χ4v) is 3.22. The quantitative estimate of drug-likeness (QED) is 0.208. The van der Waals surface area contributed by atoms with Gasteiger partial charge in [-0.3, -0.25) is 9.59 Å². The van der Waals surface area contributed by atoms with Gasteiger partial charge in [-0.15, -0.1) is 0 Å². The Labute approximate surface area is 162 Å². The maximum atomic E-state index is 12.5. The molecule has 0 aromatic carbocycles. The fourth-order valence-electron chi connectivity index (χ4n) is 3.22. The van der Waals surface area contributed by atoms with E-state index in [0.29, 0.717) is 6.42 Å². The third-order valence-electron chi connectivity index (χ3n) is 5.21. The summed E-state index contributed by atoms with van der Waals surface area (Å²) in [5.41, 5.74) is -0.569. The molecule has 0 radical (unpaired) electrons. The van der Waals surface area contributed by atoms with Crippen molar-refractivity contribution >= 4 is 11.8 Å². The monoisotopic (exact) mass is 368 g/mol. The first kappa shape index (κ1) is 25.1. The number of hydrogen-bond donors (Lipinski definition) is 0. The summed E-state index contributed by atoms with van der Waals surface area (Å²) in [6, 6.07) is 0. The third-order valence-corrected chi connectivity index (χ3v) is 5.21. The lowest BCUT2D eigenvalue weighted by atomic mass is 9.86. The van der Waals surface area contributed by atoms with Gasteiger partial charge in [0.1, 0.15) is 12.4 Å². The van der Waals surface area contributed by atoms with Crippen LogP contribution in [-0.4, -0.2) is 18.4 Å². The molecule has 0 aromatic rings. The molecule has 0 heterocycles. The summed E-state index contributed by atoms with van der Waals surface area (Å²) in [5, 5.41) is 0. The van der Waals surface area contributed by atoms with Crippen LogP contribution in [-0.2, 0) is 14.3 Å². The number of Topliss-reactive ketones (excluding diaryl/α,β-unsaturated/α-hetero) is 1. The van der Waals surface area contributed by atoms with E-state index in [9.17, 15) is 9.59 Å². The lowest BCUT2D eigenvalue weighted by molar-refractivity contribution is -0.154. The minimum Gasteiger partial charge on any atom is -0.464 e. The van der Waals surface area contributed by atoms with Gasteiger partial charge in [0.15, 0.2) is 0 Å². The Balaban J connectivity index is 4.27. The standard InChI is InChI=1S/C23H44O3/c1-6-9-11-12-13-15-17-20(16-8-3)22(25)26-19-23(4,5)21(24)18-14-10-7-2/h20H,6-19H2,1-5H3. The van der Waals surface area contributed by atoms with Crippen molar-refractivity contribution in [1.82, 2.24) is 0 Å². The molecule has 0 aliphatic heterocycles. The smallest absolute Gasteiger partial charge is 0.308 e. The van der Waals surface area contributed by atoms with Crippen LogP contribution in [0, 0.1) is 11.3 Å². The molecule has 0 N–H and O–H groups in total. The van der Waals surface area contributed by atoms with Gasteiger partial charge in [-0.1, -0.05) is 78.6 Å². The van der Waals surface area contributed by atoms with Gasteiger partial charge in [0, 0.05) is 6.42 Å². The molecule has 0 aromatic heterocycles. The van der Waals surface area contributed by atoms with Gasteiger partial charge in [-0.25, -0.2) is 0 Å². The predicted molar refractivity (Wildman–Crippen MR) is 110 cm³/mol. The lowest BCUT2D eigenvalue weighted by Crippen LogP contribution is -2.32. The van der Waals surface area contributed by atoms with Crippen molar-refractivity contribution in [2.75, 3.05) is 6.61 Å². The van der Waals surface area contributed by atoms with Crippen LogP contribution in [0.3, 0.4) is 0 Å². The zero-order valence-corrected chi connectivity index (χ0v) is 18.2. The molecule has 0 spiro atoms. The van der Waals surface area contributed by atoms with Crippen molar-refractivity contribution in [1.29, 1.82) is 0 Å². The van der Waals surface area contributed by atoms with E-state index < -0.39 is 5.41 Å². The summed E-state index contributed by atoms with van der Waals surface area (Å²) in [6.45, 7) is 10.5. The highest BCUT2D eigenvalue weighted by Crippen LogP contribution is 2.23. The van der Waals surface area contributed by atoms with Crippen LogP contribution < -0.4 is 0 Å². The zero-order valence-electron chi connectivity index (χ0n) is 18.2. The molecule has 154 valence electrons. The van der Waals surface area contributed by atoms with E-state index in [0.717, 1.165) is 44.9 Å². The summed E-state index contributed by atoms with van der Waals surface area (Å²) >= 11 is 0. The van der Waals surface area contributed by atoms with E-state index in [4.69, 9.17) is 4.74 Å². The van der Waals surface area contributed by atoms with Crippen molar-refractivity contribution < 1.29 is 14.3 Å². The number of ether oxygens (including phenoxy) is 1. The summed E-state index contributed by atoms with van der Waals surface area (Å²) in [6.07, 6.45) is 14.0. The molecule has 0 amide bonds. The molecule has 1 atom stereocenters. The number of rotatable bonds is 17. The van der Waals surface area contributed by atoms with E-state index >= 15 is 0 Å². The number of carbonyl (C=O) groups is 2. The second kappa shape index (κ2) is 15.2. The average Bonchev–Trinajstić information content (AvgIpc) is 2.61. The van der Waals surface area contributed by atoms with Crippen LogP contribution in [0.1, 0.15) is 118 Å².